The van der Waals surface area contributed by atoms with Crippen LogP contribution in [0.3, 0.4) is 0 Å². The lowest BCUT2D eigenvalue weighted by molar-refractivity contribution is -0.132. The maximum Gasteiger partial charge on any atom is 0.222 e. The number of amides is 1. The van der Waals surface area contributed by atoms with E-state index in [0.717, 1.165) is 50.1 Å². The topological polar surface area (TPSA) is 41.4 Å². The third-order valence-corrected chi connectivity index (χ3v) is 5.23. The first-order chi connectivity index (χ1) is 12.2. The van der Waals surface area contributed by atoms with Crippen LogP contribution in [0.1, 0.15) is 31.7 Å². The van der Waals surface area contributed by atoms with E-state index < -0.39 is 0 Å². The van der Waals surface area contributed by atoms with Gasteiger partial charge in [-0.3, -0.25) is 4.79 Å². The standard InChI is InChI=1S/C20H28N4O/c1-3-23-13-11-18(12-14-23)22(2)20(25)10-9-17-15-21-24(16-17)19-7-5-4-6-8-19/h4-8,15-16,18H,3,9-14H2,1-2H3. The zero-order valence-corrected chi connectivity index (χ0v) is 15.3. The Morgan fingerprint density at radius 2 is 1.96 bits per heavy atom. The average Bonchev–Trinajstić information content (AvgIpc) is 3.15. The SMILES string of the molecule is CCN1CCC(N(C)C(=O)CCc2cnn(-c3ccccc3)c2)CC1. The minimum atomic E-state index is 0.238. The van der Waals surface area contributed by atoms with Crippen LogP contribution in [0.5, 0.6) is 0 Å². The highest BCUT2D eigenvalue weighted by molar-refractivity contribution is 5.76. The molecular formula is C20H28N4O. The van der Waals surface area contributed by atoms with Crippen LogP contribution >= 0.6 is 0 Å². The molecule has 2 aromatic rings. The Morgan fingerprint density at radius 3 is 2.64 bits per heavy atom. The summed E-state index contributed by atoms with van der Waals surface area (Å²) >= 11 is 0. The summed E-state index contributed by atoms with van der Waals surface area (Å²) < 4.78 is 1.87. The molecule has 0 aliphatic carbocycles. The van der Waals surface area contributed by atoms with E-state index in [1.807, 2.05) is 59.4 Å². The molecule has 0 N–H and O–H groups in total. The van der Waals surface area contributed by atoms with Crippen LogP contribution in [0.15, 0.2) is 42.7 Å². The number of carbonyl (C=O) groups is 1. The fourth-order valence-corrected chi connectivity index (χ4v) is 3.47. The zero-order valence-electron chi connectivity index (χ0n) is 15.3. The number of piperidine rings is 1. The molecule has 1 aromatic carbocycles. The van der Waals surface area contributed by atoms with Gasteiger partial charge in [0.25, 0.3) is 0 Å². The smallest absolute Gasteiger partial charge is 0.222 e. The Kier molecular flexibility index (Phi) is 5.87. The maximum absolute atomic E-state index is 12.5. The van der Waals surface area contributed by atoms with Gasteiger partial charge >= 0.3 is 0 Å². The van der Waals surface area contributed by atoms with E-state index in [1.165, 1.54) is 0 Å². The lowest BCUT2D eigenvalue weighted by Crippen LogP contribution is -2.45. The van der Waals surface area contributed by atoms with E-state index in [9.17, 15) is 4.79 Å². The van der Waals surface area contributed by atoms with Crippen LogP contribution in [0.25, 0.3) is 5.69 Å². The first-order valence-corrected chi connectivity index (χ1v) is 9.24. The number of aromatic nitrogens is 2. The molecule has 1 aromatic heterocycles. The predicted octanol–water partition coefficient (Wildman–Crippen LogP) is 2.75. The molecule has 0 bridgehead atoms. The Labute approximate surface area is 150 Å². The summed E-state index contributed by atoms with van der Waals surface area (Å²) in [5, 5.41) is 4.40. The van der Waals surface area contributed by atoms with Crippen molar-refractivity contribution >= 4 is 5.91 Å². The molecule has 1 saturated heterocycles. The van der Waals surface area contributed by atoms with Crippen molar-refractivity contribution in [1.29, 1.82) is 0 Å². The van der Waals surface area contributed by atoms with Gasteiger partial charge in [0.05, 0.1) is 11.9 Å². The van der Waals surface area contributed by atoms with Crippen molar-refractivity contribution in [2.75, 3.05) is 26.7 Å². The minimum Gasteiger partial charge on any atom is -0.343 e. The van der Waals surface area contributed by atoms with E-state index in [0.29, 0.717) is 12.5 Å². The number of hydrogen-bond acceptors (Lipinski definition) is 3. The quantitative estimate of drug-likeness (QED) is 0.812. The number of rotatable bonds is 6. The molecule has 5 heteroatoms. The third-order valence-electron chi connectivity index (χ3n) is 5.23. The van der Waals surface area contributed by atoms with E-state index in [4.69, 9.17) is 0 Å². The van der Waals surface area contributed by atoms with Crippen LogP contribution in [0.2, 0.25) is 0 Å². The average molecular weight is 340 g/mol. The van der Waals surface area contributed by atoms with Crippen LogP contribution in [-0.2, 0) is 11.2 Å². The van der Waals surface area contributed by atoms with Crippen LogP contribution in [-0.4, -0.2) is 58.2 Å². The highest BCUT2D eigenvalue weighted by atomic mass is 16.2. The summed E-state index contributed by atoms with van der Waals surface area (Å²) in [6.07, 6.45) is 7.33. The lowest BCUT2D eigenvalue weighted by Gasteiger charge is -2.36. The summed E-state index contributed by atoms with van der Waals surface area (Å²) in [7, 11) is 1.96. The molecule has 134 valence electrons. The van der Waals surface area contributed by atoms with Gasteiger partial charge in [-0.25, -0.2) is 4.68 Å². The second kappa shape index (κ2) is 8.30. The first kappa shape index (κ1) is 17.7. The highest BCUT2D eigenvalue weighted by Crippen LogP contribution is 2.17. The molecule has 0 atom stereocenters. The molecule has 1 fully saturated rings. The molecule has 5 nitrogen and oxygen atoms in total. The summed E-state index contributed by atoms with van der Waals surface area (Å²) in [5.74, 6) is 0.238. The fourth-order valence-electron chi connectivity index (χ4n) is 3.47. The second-order valence-corrected chi connectivity index (χ2v) is 6.80. The molecule has 1 amide bonds. The summed E-state index contributed by atoms with van der Waals surface area (Å²) in [4.78, 5) is 16.9. The highest BCUT2D eigenvalue weighted by Gasteiger charge is 2.24. The number of para-hydroxylation sites is 1. The van der Waals surface area contributed by atoms with Gasteiger partial charge in [-0.05, 0) is 43.5 Å². The maximum atomic E-state index is 12.5. The van der Waals surface area contributed by atoms with Crippen LogP contribution in [0, 0.1) is 0 Å². The van der Waals surface area contributed by atoms with Crippen molar-refractivity contribution < 1.29 is 4.79 Å². The van der Waals surface area contributed by atoms with Gasteiger partial charge in [0.2, 0.25) is 5.91 Å². The van der Waals surface area contributed by atoms with Gasteiger partial charge in [-0.2, -0.15) is 5.10 Å². The van der Waals surface area contributed by atoms with E-state index in [-0.39, 0.29) is 5.91 Å². The van der Waals surface area contributed by atoms with Crippen molar-refractivity contribution in [3.8, 4) is 5.69 Å². The van der Waals surface area contributed by atoms with Crippen molar-refractivity contribution in [1.82, 2.24) is 19.6 Å². The molecule has 0 radical (unpaired) electrons. The second-order valence-electron chi connectivity index (χ2n) is 6.80. The number of carbonyl (C=O) groups excluding carboxylic acids is 1. The van der Waals surface area contributed by atoms with E-state index in [1.54, 1.807) is 0 Å². The molecule has 2 heterocycles. The Balaban J connectivity index is 1.50. The van der Waals surface area contributed by atoms with Gasteiger partial charge in [0.15, 0.2) is 0 Å². The number of hydrogen-bond donors (Lipinski definition) is 0. The largest absolute Gasteiger partial charge is 0.343 e. The van der Waals surface area contributed by atoms with Gasteiger partial charge < -0.3 is 9.80 Å². The van der Waals surface area contributed by atoms with Crippen molar-refractivity contribution in [3.63, 3.8) is 0 Å². The molecule has 1 aliphatic rings. The van der Waals surface area contributed by atoms with Crippen molar-refractivity contribution in [2.24, 2.45) is 0 Å². The zero-order chi connectivity index (χ0) is 17.6. The Bertz CT molecular complexity index is 674. The summed E-state index contributed by atoms with van der Waals surface area (Å²) in [6, 6.07) is 10.4. The molecule has 3 rings (SSSR count). The predicted molar refractivity (Wildman–Crippen MR) is 99.8 cm³/mol. The number of likely N-dealkylation sites (tertiary alicyclic amines) is 1. The first-order valence-electron chi connectivity index (χ1n) is 9.24. The van der Waals surface area contributed by atoms with Gasteiger partial charge in [0.1, 0.15) is 0 Å². The summed E-state index contributed by atoms with van der Waals surface area (Å²) in [5.41, 5.74) is 2.14. The molecule has 1 aliphatic heterocycles. The van der Waals surface area contributed by atoms with Gasteiger partial charge in [-0.15, -0.1) is 0 Å². The van der Waals surface area contributed by atoms with E-state index >= 15 is 0 Å². The molecule has 0 spiro atoms. The molecular weight excluding hydrogens is 312 g/mol. The summed E-state index contributed by atoms with van der Waals surface area (Å²) in [6.45, 7) is 5.51. The Hall–Kier alpha value is -2.14. The third kappa shape index (κ3) is 4.48. The van der Waals surface area contributed by atoms with Gasteiger partial charge in [-0.1, -0.05) is 25.1 Å². The van der Waals surface area contributed by atoms with Crippen LogP contribution in [0.4, 0.5) is 0 Å². The molecule has 0 unspecified atom stereocenters. The lowest BCUT2D eigenvalue weighted by atomic mass is 10.0. The number of aryl methyl sites for hydroxylation is 1. The monoisotopic (exact) mass is 340 g/mol. The molecule has 0 saturated carbocycles. The normalized spacial score (nSPS) is 16.1. The van der Waals surface area contributed by atoms with E-state index in [2.05, 4.69) is 16.9 Å². The Morgan fingerprint density at radius 1 is 1.24 bits per heavy atom. The number of benzene rings is 1. The van der Waals surface area contributed by atoms with Crippen LogP contribution < -0.4 is 0 Å². The minimum absolute atomic E-state index is 0.238. The molecule has 25 heavy (non-hydrogen) atoms. The number of nitrogens with zero attached hydrogens (tertiary/aromatic N) is 4. The van der Waals surface area contributed by atoms with Crippen molar-refractivity contribution in [2.45, 2.75) is 38.6 Å². The fraction of sp³-hybridized carbons (Fsp3) is 0.500. The van der Waals surface area contributed by atoms with Gasteiger partial charge in [0, 0.05) is 38.8 Å². The van der Waals surface area contributed by atoms with Crippen molar-refractivity contribution in [3.05, 3.63) is 48.3 Å².